The average Bonchev–Trinajstić information content (AvgIpc) is 2.73. The number of hydrogen-bond donors (Lipinski definition) is 1. The Hall–Kier alpha value is -0.840. The summed E-state index contributed by atoms with van der Waals surface area (Å²) in [5.41, 5.74) is 1.53. The monoisotopic (exact) mass is 292 g/mol. The van der Waals surface area contributed by atoms with Crippen molar-refractivity contribution in [1.29, 1.82) is 0 Å². The number of hydrogen-bond acceptors (Lipinski definition) is 3. The summed E-state index contributed by atoms with van der Waals surface area (Å²) < 4.78 is 18.2. The van der Waals surface area contributed by atoms with Crippen molar-refractivity contribution in [2.75, 3.05) is 13.1 Å². The number of piperidine rings is 1. The average molecular weight is 293 g/mol. The number of benzene rings is 1. The van der Waals surface area contributed by atoms with Crippen LogP contribution in [-0.2, 0) is 0 Å². The third-order valence-electron chi connectivity index (χ3n) is 3.19. The Morgan fingerprint density at radius 2 is 1.94 bits per heavy atom. The molecule has 0 atom stereocenters. The van der Waals surface area contributed by atoms with Crippen molar-refractivity contribution in [3.63, 3.8) is 0 Å². The molecule has 6 heteroatoms. The van der Waals surface area contributed by atoms with Crippen LogP contribution < -0.4 is 5.32 Å². The normalized spacial score (nSPS) is 16.1. The molecule has 0 aliphatic carbocycles. The second-order valence-electron chi connectivity index (χ2n) is 4.23. The summed E-state index contributed by atoms with van der Waals surface area (Å²) in [5, 5.41) is 8.36. The van der Waals surface area contributed by atoms with Gasteiger partial charge in [0.25, 0.3) is 0 Å². The first-order chi connectivity index (χ1) is 7.84. The van der Waals surface area contributed by atoms with E-state index in [1.807, 2.05) is 0 Å². The lowest BCUT2D eigenvalue weighted by Crippen LogP contribution is -2.26. The first-order valence-electron chi connectivity index (χ1n) is 5.60. The van der Waals surface area contributed by atoms with Gasteiger partial charge in [0.15, 0.2) is 5.58 Å². The summed E-state index contributed by atoms with van der Waals surface area (Å²) in [7, 11) is 0. The minimum absolute atomic E-state index is 0. The fraction of sp³-hybridized carbons (Fsp3) is 0.417. The molecule has 0 unspecified atom stereocenters. The van der Waals surface area contributed by atoms with E-state index in [1.54, 1.807) is 6.07 Å². The number of fused-ring (bicyclic) bond motifs is 1. The fourth-order valence-electron chi connectivity index (χ4n) is 2.32. The highest BCUT2D eigenvalue weighted by Gasteiger charge is 2.21. The van der Waals surface area contributed by atoms with Gasteiger partial charge in [0.1, 0.15) is 5.82 Å². The maximum atomic E-state index is 13.0. The van der Waals surface area contributed by atoms with Crippen molar-refractivity contribution < 1.29 is 8.91 Å². The molecule has 0 radical (unpaired) electrons. The molecule has 0 amide bonds. The van der Waals surface area contributed by atoms with Gasteiger partial charge >= 0.3 is 0 Å². The van der Waals surface area contributed by atoms with Gasteiger partial charge in [0.05, 0.1) is 5.69 Å². The molecule has 0 spiro atoms. The number of nitrogens with zero attached hydrogens (tertiary/aromatic N) is 1. The lowest BCUT2D eigenvalue weighted by molar-refractivity contribution is 0.403. The molecule has 1 fully saturated rings. The smallest absolute Gasteiger partial charge is 0.170 e. The maximum Gasteiger partial charge on any atom is 0.170 e. The van der Waals surface area contributed by atoms with Crippen LogP contribution in [0.5, 0.6) is 0 Å². The number of rotatable bonds is 1. The van der Waals surface area contributed by atoms with Crippen LogP contribution >= 0.6 is 24.8 Å². The molecule has 100 valence electrons. The highest BCUT2D eigenvalue weighted by Crippen LogP contribution is 2.30. The molecule has 3 rings (SSSR count). The number of aromatic nitrogens is 1. The zero-order valence-corrected chi connectivity index (χ0v) is 11.3. The first-order valence-corrected chi connectivity index (χ1v) is 5.60. The molecule has 2 aromatic rings. The quantitative estimate of drug-likeness (QED) is 0.877. The van der Waals surface area contributed by atoms with Crippen molar-refractivity contribution in [3.8, 4) is 0 Å². The Kier molecular flexibility index (Phi) is 5.38. The van der Waals surface area contributed by atoms with Crippen LogP contribution in [0.15, 0.2) is 22.7 Å². The molecule has 2 heterocycles. The minimum atomic E-state index is -0.277. The van der Waals surface area contributed by atoms with Crippen molar-refractivity contribution in [2.24, 2.45) is 0 Å². The van der Waals surface area contributed by atoms with E-state index < -0.39 is 0 Å². The van der Waals surface area contributed by atoms with Gasteiger partial charge < -0.3 is 9.84 Å². The third kappa shape index (κ3) is 2.76. The molecule has 1 N–H and O–H groups in total. The molecule has 1 aliphatic heterocycles. The van der Waals surface area contributed by atoms with Crippen LogP contribution in [0, 0.1) is 5.82 Å². The zero-order chi connectivity index (χ0) is 11.0. The molecule has 3 nitrogen and oxygen atoms in total. The lowest BCUT2D eigenvalue weighted by atomic mass is 9.93. The van der Waals surface area contributed by atoms with Crippen molar-refractivity contribution in [1.82, 2.24) is 10.5 Å². The van der Waals surface area contributed by atoms with Crippen LogP contribution in [0.3, 0.4) is 0 Å². The predicted molar refractivity (Wildman–Crippen MR) is 73.3 cm³/mol. The van der Waals surface area contributed by atoms with Crippen LogP contribution in [-0.4, -0.2) is 18.2 Å². The first kappa shape index (κ1) is 15.2. The SMILES string of the molecule is Cl.Cl.Fc1ccc2c(C3CCNCC3)noc2c1. The summed E-state index contributed by atoms with van der Waals surface area (Å²) in [4.78, 5) is 0. The third-order valence-corrected chi connectivity index (χ3v) is 3.19. The molecule has 1 aromatic carbocycles. The summed E-state index contributed by atoms with van der Waals surface area (Å²) in [6.45, 7) is 2.03. The maximum absolute atomic E-state index is 13.0. The van der Waals surface area contributed by atoms with Gasteiger partial charge in [0.2, 0.25) is 0 Å². The van der Waals surface area contributed by atoms with Crippen LogP contribution in [0.25, 0.3) is 11.0 Å². The Bertz CT molecular complexity index is 512. The molecular formula is C12H15Cl2FN2O. The van der Waals surface area contributed by atoms with Crippen LogP contribution in [0.1, 0.15) is 24.5 Å². The molecule has 0 bridgehead atoms. The van der Waals surface area contributed by atoms with E-state index in [0.29, 0.717) is 11.5 Å². The summed E-state index contributed by atoms with van der Waals surface area (Å²) >= 11 is 0. The van der Waals surface area contributed by atoms with Crippen LogP contribution in [0.4, 0.5) is 4.39 Å². The molecule has 0 saturated carbocycles. The van der Waals surface area contributed by atoms with E-state index in [-0.39, 0.29) is 30.6 Å². The van der Waals surface area contributed by atoms with Crippen molar-refractivity contribution >= 4 is 35.8 Å². The second kappa shape index (κ2) is 6.36. The Balaban J connectivity index is 0.000000810. The standard InChI is InChI=1S/C12H13FN2O.2ClH/c13-9-1-2-10-11(7-9)16-15-12(10)8-3-5-14-6-4-8;;/h1-2,7-8,14H,3-6H2;2*1H. The molecular weight excluding hydrogens is 278 g/mol. The van der Waals surface area contributed by atoms with Gasteiger partial charge in [-0.1, -0.05) is 5.16 Å². The van der Waals surface area contributed by atoms with Crippen LogP contribution in [0.2, 0.25) is 0 Å². The lowest BCUT2D eigenvalue weighted by Gasteiger charge is -2.20. The van der Waals surface area contributed by atoms with Crippen molar-refractivity contribution in [2.45, 2.75) is 18.8 Å². The highest BCUT2D eigenvalue weighted by molar-refractivity contribution is 5.85. The Labute approximate surface area is 117 Å². The molecule has 1 aromatic heterocycles. The van der Waals surface area contributed by atoms with Gasteiger partial charge in [-0.3, -0.25) is 0 Å². The van der Waals surface area contributed by atoms with Gasteiger partial charge in [-0.15, -0.1) is 24.8 Å². The predicted octanol–water partition coefficient (Wildman–Crippen LogP) is 3.28. The van der Waals surface area contributed by atoms with Gasteiger partial charge in [0, 0.05) is 17.4 Å². The Morgan fingerprint density at radius 3 is 2.67 bits per heavy atom. The highest BCUT2D eigenvalue weighted by atomic mass is 35.5. The summed E-state index contributed by atoms with van der Waals surface area (Å²) in [6.07, 6.45) is 2.14. The fourth-order valence-corrected chi connectivity index (χ4v) is 2.32. The van der Waals surface area contributed by atoms with Crippen molar-refractivity contribution in [3.05, 3.63) is 29.7 Å². The van der Waals surface area contributed by atoms with E-state index in [2.05, 4.69) is 10.5 Å². The van der Waals surface area contributed by atoms with E-state index >= 15 is 0 Å². The van der Waals surface area contributed by atoms with E-state index in [0.717, 1.165) is 37.0 Å². The molecule has 1 saturated heterocycles. The topological polar surface area (TPSA) is 38.1 Å². The molecule has 1 aliphatic rings. The number of halogens is 3. The summed E-state index contributed by atoms with van der Waals surface area (Å²) in [6, 6.07) is 4.62. The van der Waals surface area contributed by atoms with E-state index in [4.69, 9.17) is 4.52 Å². The number of nitrogens with one attached hydrogen (secondary N) is 1. The Morgan fingerprint density at radius 1 is 1.22 bits per heavy atom. The zero-order valence-electron chi connectivity index (χ0n) is 9.69. The van der Waals surface area contributed by atoms with Gasteiger partial charge in [-0.2, -0.15) is 0 Å². The second-order valence-corrected chi connectivity index (χ2v) is 4.23. The molecule has 18 heavy (non-hydrogen) atoms. The van der Waals surface area contributed by atoms with Gasteiger partial charge in [-0.05, 0) is 38.1 Å². The van der Waals surface area contributed by atoms with Gasteiger partial charge in [-0.25, -0.2) is 4.39 Å². The minimum Gasteiger partial charge on any atom is -0.356 e. The van der Waals surface area contributed by atoms with E-state index in [1.165, 1.54) is 12.1 Å². The van der Waals surface area contributed by atoms with E-state index in [9.17, 15) is 4.39 Å². The summed E-state index contributed by atoms with van der Waals surface area (Å²) in [5.74, 6) is 0.161. The largest absolute Gasteiger partial charge is 0.356 e.